The van der Waals surface area contributed by atoms with Crippen LogP contribution in [0.5, 0.6) is 11.5 Å². The first kappa shape index (κ1) is 20.5. The van der Waals surface area contributed by atoms with Gasteiger partial charge < -0.3 is 19.8 Å². The Morgan fingerprint density at radius 1 is 1.07 bits per heavy atom. The molecule has 0 unspecified atom stereocenters. The number of carbonyl (C=O) groups is 1. The first-order chi connectivity index (χ1) is 14.0. The Hall–Kier alpha value is -3.28. The first-order valence-corrected chi connectivity index (χ1v) is 9.63. The van der Waals surface area contributed by atoms with Gasteiger partial charge in [-0.25, -0.2) is 0 Å². The lowest BCUT2D eigenvalue weighted by Gasteiger charge is -2.09. The molecule has 6 nitrogen and oxygen atoms in total. The van der Waals surface area contributed by atoms with Crippen LogP contribution in [0.1, 0.15) is 23.1 Å². The van der Waals surface area contributed by atoms with Crippen LogP contribution in [0.4, 0.5) is 0 Å². The summed E-state index contributed by atoms with van der Waals surface area (Å²) in [6.07, 6.45) is 0.644. The van der Waals surface area contributed by atoms with Crippen molar-refractivity contribution in [3.8, 4) is 11.5 Å². The summed E-state index contributed by atoms with van der Waals surface area (Å²) in [5.41, 5.74) is 3.51. The quantitative estimate of drug-likeness (QED) is 0.575. The van der Waals surface area contributed by atoms with Gasteiger partial charge in [-0.3, -0.25) is 9.59 Å². The van der Waals surface area contributed by atoms with E-state index < -0.39 is 0 Å². The molecule has 0 saturated heterocycles. The molecule has 0 atom stereocenters. The minimum atomic E-state index is -0.139. The number of amides is 1. The van der Waals surface area contributed by atoms with Crippen LogP contribution in [0.15, 0.2) is 47.3 Å². The number of hydrogen-bond donors (Lipinski definition) is 2. The molecule has 0 radical (unpaired) electrons. The van der Waals surface area contributed by atoms with Crippen LogP contribution < -0.4 is 20.3 Å². The highest BCUT2D eigenvalue weighted by molar-refractivity contribution is 5.83. The summed E-state index contributed by atoms with van der Waals surface area (Å²) in [6, 6.07) is 13.2. The normalized spacial score (nSPS) is 10.7. The van der Waals surface area contributed by atoms with Crippen LogP contribution in [0.25, 0.3) is 10.9 Å². The maximum Gasteiger partial charge on any atom is 0.251 e. The fraction of sp³-hybridized carbons (Fsp3) is 0.304. The van der Waals surface area contributed by atoms with E-state index in [9.17, 15) is 9.59 Å². The first-order valence-electron chi connectivity index (χ1n) is 9.63. The van der Waals surface area contributed by atoms with E-state index in [1.807, 2.05) is 56.3 Å². The maximum absolute atomic E-state index is 12.3. The molecule has 0 aliphatic rings. The molecular weight excluding hydrogens is 368 g/mol. The van der Waals surface area contributed by atoms with E-state index in [1.54, 1.807) is 7.11 Å². The van der Waals surface area contributed by atoms with E-state index in [0.717, 1.165) is 27.8 Å². The number of benzene rings is 2. The lowest BCUT2D eigenvalue weighted by molar-refractivity contribution is -0.121. The van der Waals surface area contributed by atoms with E-state index in [-0.39, 0.29) is 17.9 Å². The summed E-state index contributed by atoms with van der Waals surface area (Å²) < 4.78 is 10.7. The molecule has 0 bridgehead atoms. The highest BCUT2D eigenvalue weighted by Gasteiger charge is 2.08. The Bertz CT molecular complexity index is 1050. The topological polar surface area (TPSA) is 80.4 Å². The van der Waals surface area contributed by atoms with Crippen LogP contribution >= 0.6 is 0 Å². The Kier molecular flexibility index (Phi) is 6.54. The average molecular weight is 394 g/mol. The van der Waals surface area contributed by atoms with Crippen molar-refractivity contribution in [1.82, 2.24) is 10.3 Å². The molecule has 6 heteroatoms. The smallest absolute Gasteiger partial charge is 0.251 e. The lowest BCUT2D eigenvalue weighted by Crippen LogP contribution is -2.28. The Labute approximate surface area is 169 Å². The highest BCUT2D eigenvalue weighted by Crippen LogP contribution is 2.18. The predicted molar refractivity (Wildman–Crippen MR) is 114 cm³/mol. The van der Waals surface area contributed by atoms with Crippen molar-refractivity contribution in [1.29, 1.82) is 0 Å². The summed E-state index contributed by atoms with van der Waals surface area (Å²) >= 11 is 0. The molecule has 2 aromatic carbocycles. The molecule has 3 rings (SSSR count). The van der Waals surface area contributed by atoms with Crippen molar-refractivity contribution in [3.63, 3.8) is 0 Å². The van der Waals surface area contributed by atoms with Crippen molar-refractivity contribution in [2.75, 3.05) is 20.3 Å². The van der Waals surface area contributed by atoms with E-state index >= 15 is 0 Å². The van der Waals surface area contributed by atoms with Gasteiger partial charge in [-0.05, 0) is 67.6 Å². The number of carbonyl (C=O) groups excluding carboxylic acids is 1. The van der Waals surface area contributed by atoms with Crippen molar-refractivity contribution in [3.05, 3.63) is 69.5 Å². The summed E-state index contributed by atoms with van der Waals surface area (Å²) in [5.74, 6) is 1.37. The standard InChI is InChI=1S/C23H26N2O4/c1-15-12-16(2)22-18(13-15)14-17(23(27)25-22)4-9-21(26)24-10-11-29-20-7-5-19(28-3)6-8-20/h5-8,12-14H,4,9-11H2,1-3H3,(H,24,26)(H,25,27). The second kappa shape index (κ2) is 9.28. The van der Waals surface area contributed by atoms with Gasteiger partial charge in [0.25, 0.3) is 5.56 Å². The molecule has 0 fully saturated rings. The predicted octanol–water partition coefficient (Wildman–Crippen LogP) is 3.28. The van der Waals surface area contributed by atoms with Crippen molar-refractivity contribution in [2.24, 2.45) is 0 Å². The summed E-state index contributed by atoms with van der Waals surface area (Å²) in [6.45, 7) is 4.77. The van der Waals surface area contributed by atoms with E-state index in [1.165, 1.54) is 0 Å². The van der Waals surface area contributed by atoms with Gasteiger partial charge in [0.05, 0.1) is 19.2 Å². The minimum Gasteiger partial charge on any atom is -0.497 e. The van der Waals surface area contributed by atoms with Crippen molar-refractivity contribution in [2.45, 2.75) is 26.7 Å². The van der Waals surface area contributed by atoms with Crippen LogP contribution in [-0.4, -0.2) is 31.2 Å². The fourth-order valence-corrected chi connectivity index (χ4v) is 3.29. The second-order valence-corrected chi connectivity index (χ2v) is 7.04. The number of fused-ring (bicyclic) bond motifs is 1. The number of rotatable bonds is 8. The molecule has 0 spiro atoms. The Morgan fingerprint density at radius 3 is 2.52 bits per heavy atom. The van der Waals surface area contributed by atoms with Crippen LogP contribution in [0.2, 0.25) is 0 Å². The molecule has 1 heterocycles. The molecule has 152 valence electrons. The Balaban J connectivity index is 1.48. The number of ether oxygens (including phenoxy) is 2. The zero-order valence-electron chi connectivity index (χ0n) is 17.0. The highest BCUT2D eigenvalue weighted by atomic mass is 16.5. The molecule has 1 aromatic heterocycles. The lowest BCUT2D eigenvalue weighted by atomic mass is 10.0. The molecule has 1 amide bonds. The molecule has 2 N–H and O–H groups in total. The fourth-order valence-electron chi connectivity index (χ4n) is 3.29. The molecular formula is C23H26N2O4. The third kappa shape index (κ3) is 5.38. The third-order valence-electron chi connectivity index (χ3n) is 4.74. The summed E-state index contributed by atoms with van der Waals surface area (Å²) in [4.78, 5) is 27.4. The van der Waals surface area contributed by atoms with E-state index in [4.69, 9.17) is 9.47 Å². The largest absolute Gasteiger partial charge is 0.497 e. The monoisotopic (exact) mass is 394 g/mol. The van der Waals surface area contributed by atoms with Gasteiger partial charge in [-0.2, -0.15) is 0 Å². The molecule has 0 aliphatic carbocycles. The van der Waals surface area contributed by atoms with Gasteiger partial charge in [0.15, 0.2) is 0 Å². The molecule has 3 aromatic rings. The second-order valence-electron chi connectivity index (χ2n) is 7.04. The van der Waals surface area contributed by atoms with Gasteiger partial charge in [0.2, 0.25) is 5.91 Å². The van der Waals surface area contributed by atoms with Crippen molar-refractivity contribution < 1.29 is 14.3 Å². The molecule has 29 heavy (non-hydrogen) atoms. The number of aromatic nitrogens is 1. The number of aromatic amines is 1. The average Bonchev–Trinajstić information content (AvgIpc) is 2.70. The van der Waals surface area contributed by atoms with Crippen LogP contribution in [0.3, 0.4) is 0 Å². The van der Waals surface area contributed by atoms with Crippen molar-refractivity contribution >= 4 is 16.8 Å². The van der Waals surface area contributed by atoms with E-state index in [0.29, 0.717) is 30.9 Å². The van der Waals surface area contributed by atoms with Gasteiger partial charge in [0, 0.05) is 12.0 Å². The third-order valence-corrected chi connectivity index (χ3v) is 4.74. The van der Waals surface area contributed by atoms with E-state index in [2.05, 4.69) is 10.3 Å². The van der Waals surface area contributed by atoms with Gasteiger partial charge in [-0.15, -0.1) is 0 Å². The Morgan fingerprint density at radius 2 is 1.79 bits per heavy atom. The number of nitrogens with one attached hydrogen (secondary N) is 2. The van der Waals surface area contributed by atoms with Crippen LogP contribution in [0, 0.1) is 13.8 Å². The number of aryl methyl sites for hydroxylation is 3. The number of H-pyrrole nitrogens is 1. The SMILES string of the molecule is COc1ccc(OCCNC(=O)CCc2cc3cc(C)cc(C)c3[nH]c2=O)cc1. The molecule has 0 aliphatic heterocycles. The summed E-state index contributed by atoms with van der Waals surface area (Å²) in [5, 5.41) is 3.81. The zero-order chi connectivity index (χ0) is 20.8. The molecule has 0 saturated carbocycles. The maximum atomic E-state index is 12.3. The van der Waals surface area contributed by atoms with Gasteiger partial charge >= 0.3 is 0 Å². The van der Waals surface area contributed by atoms with Gasteiger partial charge in [0.1, 0.15) is 18.1 Å². The summed E-state index contributed by atoms with van der Waals surface area (Å²) in [7, 11) is 1.61. The van der Waals surface area contributed by atoms with Crippen LogP contribution in [-0.2, 0) is 11.2 Å². The minimum absolute atomic E-state index is 0.108. The number of pyridine rings is 1. The number of hydrogen-bond acceptors (Lipinski definition) is 4. The van der Waals surface area contributed by atoms with Gasteiger partial charge in [-0.1, -0.05) is 11.6 Å². The zero-order valence-corrected chi connectivity index (χ0v) is 17.0. The number of methoxy groups -OCH3 is 1.